The minimum absolute atomic E-state index is 0.0931. The summed E-state index contributed by atoms with van der Waals surface area (Å²) in [6.45, 7) is 2.13. The number of primary amides is 1. The molecule has 1 amide bonds. The molecule has 0 aliphatic heterocycles. The second kappa shape index (κ2) is 7.27. The molecule has 0 unspecified atom stereocenters. The number of aromatic nitrogens is 1. The highest BCUT2D eigenvalue weighted by Gasteiger charge is 2.07. The van der Waals surface area contributed by atoms with Gasteiger partial charge in [-0.15, -0.1) is 11.3 Å². The number of hydrogen-bond acceptors (Lipinski definition) is 6. The molecule has 8 heteroatoms. The van der Waals surface area contributed by atoms with Gasteiger partial charge in [-0.1, -0.05) is 0 Å². The van der Waals surface area contributed by atoms with Crippen LogP contribution in [0.3, 0.4) is 0 Å². The van der Waals surface area contributed by atoms with E-state index in [1.807, 2.05) is 0 Å². The number of thiazole rings is 1. The van der Waals surface area contributed by atoms with Crippen LogP contribution >= 0.6 is 11.3 Å². The first-order valence-corrected chi connectivity index (χ1v) is 7.74. The minimum atomic E-state index is -0.518. The quantitative estimate of drug-likeness (QED) is 0.816. The van der Waals surface area contributed by atoms with Crippen LogP contribution in [0.15, 0.2) is 29.1 Å². The fourth-order valence-electron chi connectivity index (χ4n) is 1.99. The average Bonchev–Trinajstić information content (AvgIpc) is 2.90. The molecule has 0 aliphatic carbocycles. The molecule has 2 rings (SSSR count). The zero-order valence-electron chi connectivity index (χ0n) is 12.7. The zero-order valence-corrected chi connectivity index (χ0v) is 13.6. The van der Waals surface area contributed by atoms with Crippen LogP contribution in [-0.4, -0.2) is 10.5 Å². The van der Waals surface area contributed by atoms with Gasteiger partial charge in [-0.05, 0) is 31.2 Å². The Bertz CT molecular complexity index is 1020. The standard InChI is InChI=1S/C16H13N5O2S/c1-2-21-15(23)13(24-16(21)11(7-17)8-18)9-20-12-5-3-10(4-6-12)14(19)22/h3-6,9,20H,2H2,1H3,(H2,19,22)/b13-9+. The average molecular weight is 339 g/mol. The predicted molar refractivity (Wildman–Crippen MR) is 91.2 cm³/mol. The SMILES string of the molecule is CCn1c(=C(C#N)C#N)s/c(=C/Nc2ccc(C(N)=O)cc2)c1=O. The summed E-state index contributed by atoms with van der Waals surface area (Å²) in [6, 6.07) is 10.1. The third-order valence-corrected chi connectivity index (χ3v) is 4.33. The first-order valence-electron chi connectivity index (χ1n) is 6.92. The van der Waals surface area contributed by atoms with E-state index in [4.69, 9.17) is 16.3 Å². The van der Waals surface area contributed by atoms with Crippen molar-refractivity contribution in [3.63, 3.8) is 0 Å². The lowest BCUT2D eigenvalue weighted by molar-refractivity contribution is 0.100. The van der Waals surface area contributed by atoms with Gasteiger partial charge in [-0.2, -0.15) is 10.5 Å². The summed E-state index contributed by atoms with van der Waals surface area (Å²) < 4.78 is 2.09. The molecule has 2 aromatic rings. The number of nitrogens with two attached hydrogens (primary N) is 1. The lowest BCUT2D eigenvalue weighted by atomic mass is 10.2. The molecular formula is C16H13N5O2S. The van der Waals surface area contributed by atoms with Gasteiger partial charge in [0.25, 0.3) is 5.56 Å². The summed E-state index contributed by atoms with van der Waals surface area (Å²) in [5.74, 6) is -0.518. The molecule has 0 saturated heterocycles. The summed E-state index contributed by atoms with van der Waals surface area (Å²) in [5, 5.41) is 20.9. The number of nitriles is 2. The molecule has 0 atom stereocenters. The molecule has 1 heterocycles. The largest absolute Gasteiger partial charge is 0.366 e. The zero-order chi connectivity index (χ0) is 17.7. The summed E-state index contributed by atoms with van der Waals surface area (Å²) in [7, 11) is 0. The van der Waals surface area contributed by atoms with Crippen molar-refractivity contribution in [2.24, 2.45) is 5.73 Å². The van der Waals surface area contributed by atoms with E-state index in [1.165, 1.54) is 10.8 Å². The Morgan fingerprint density at radius 3 is 2.46 bits per heavy atom. The molecule has 1 aromatic heterocycles. The molecule has 3 N–H and O–H groups in total. The summed E-state index contributed by atoms with van der Waals surface area (Å²) >= 11 is 1.07. The molecule has 0 fully saturated rings. The summed E-state index contributed by atoms with van der Waals surface area (Å²) in [6.07, 6.45) is 1.51. The van der Waals surface area contributed by atoms with Crippen LogP contribution in [0.5, 0.6) is 0 Å². The molecule has 0 spiro atoms. The Balaban J connectivity index is 2.47. The van der Waals surface area contributed by atoms with Gasteiger partial charge in [0, 0.05) is 24.0 Å². The van der Waals surface area contributed by atoms with E-state index in [0.29, 0.717) is 27.0 Å². The van der Waals surface area contributed by atoms with E-state index in [-0.39, 0.29) is 11.1 Å². The number of rotatable bonds is 4. The van der Waals surface area contributed by atoms with Crippen LogP contribution in [0.1, 0.15) is 17.3 Å². The molecular weight excluding hydrogens is 326 g/mol. The van der Waals surface area contributed by atoms with Gasteiger partial charge < -0.3 is 11.1 Å². The molecule has 0 radical (unpaired) electrons. The van der Waals surface area contributed by atoms with E-state index in [9.17, 15) is 9.59 Å². The van der Waals surface area contributed by atoms with Crippen LogP contribution in [0, 0.1) is 22.7 Å². The van der Waals surface area contributed by atoms with Crippen molar-refractivity contribution in [3.05, 3.63) is 49.4 Å². The Hall–Kier alpha value is -3.36. The van der Waals surface area contributed by atoms with Crippen LogP contribution in [0.4, 0.5) is 5.69 Å². The van der Waals surface area contributed by atoms with E-state index in [1.54, 1.807) is 43.3 Å². The van der Waals surface area contributed by atoms with Gasteiger partial charge in [0.1, 0.15) is 21.3 Å². The third-order valence-electron chi connectivity index (χ3n) is 3.20. The Kier molecular flexibility index (Phi) is 5.15. The molecule has 7 nitrogen and oxygen atoms in total. The highest BCUT2D eigenvalue weighted by Crippen LogP contribution is 2.08. The van der Waals surface area contributed by atoms with Gasteiger partial charge in [0.2, 0.25) is 5.91 Å². The maximum Gasteiger partial charge on any atom is 0.270 e. The smallest absolute Gasteiger partial charge is 0.270 e. The van der Waals surface area contributed by atoms with Crippen molar-refractivity contribution in [2.75, 3.05) is 5.32 Å². The number of anilines is 1. The fraction of sp³-hybridized carbons (Fsp3) is 0.125. The van der Waals surface area contributed by atoms with Gasteiger partial charge >= 0.3 is 0 Å². The Morgan fingerprint density at radius 2 is 1.96 bits per heavy atom. The number of amides is 1. The fourth-order valence-corrected chi connectivity index (χ4v) is 3.03. The molecule has 120 valence electrons. The van der Waals surface area contributed by atoms with Crippen molar-refractivity contribution in [3.8, 4) is 12.1 Å². The molecule has 0 aliphatic rings. The van der Waals surface area contributed by atoms with Crippen molar-refractivity contribution in [2.45, 2.75) is 13.5 Å². The van der Waals surface area contributed by atoms with Crippen LogP contribution in [0.2, 0.25) is 0 Å². The Labute approximate surface area is 141 Å². The van der Waals surface area contributed by atoms with E-state index in [2.05, 4.69) is 5.32 Å². The van der Waals surface area contributed by atoms with Gasteiger partial charge in [-0.3, -0.25) is 14.2 Å². The summed E-state index contributed by atoms with van der Waals surface area (Å²) in [4.78, 5) is 23.4. The number of hydrogen-bond donors (Lipinski definition) is 2. The normalized spacial score (nSPS) is 10.7. The number of nitrogens with zero attached hydrogens (tertiary/aromatic N) is 3. The van der Waals surface area contributed by atoms with Crippen molar-refractivity contribution < 1.29 is 4.79 Å². The second-order valence-electron chi connectivity index (χ2n) is 4.65. The van der Waals surface area contributed by atoms with E-state index >= 15 is 0 Å². The highest BCUT2D eigenvalue weighted by molar-refractivity contribution is 7.07. The van der Waals surface area contributed by atoms with Crippen LogP contribution < -0.4 is 25.8 Å². The lowest BCUT2D eigenvalue weighted by Crippen LogP contribution is -2.31. The minimum Gasteiger partial charge on any atom is -0.366 e. The molecule has 1 aromatic carbocycles. The summed E-state index contributed by atoms with van der Waals surface area (Å²) in [5.41, 5.74) is 5.86. The number of carbonyl (C=O) groups is 1. The second-order valence-corrected chi connectivity index (χ2v) is 5.68. The van der Waals surface area contributed by atoms with Crippen LogP contribution in [-0.2, 0) is 6.54 Å². The van der Waals surface area contributed by atoms with Gasteiger partial charge in [0.05, 0.1) is 0 Å². The van der Waals surface area contributed by atoms with Gasteiger partial charge in [0.15, 0.2) is 5.57 Å². The number of benzene rings is 1. The predicted octanol–water partition coefficient (Wildman–Crippen LogP) is 0.0766. The van der Waals surface area contributed by atoms with Gasteiger partial charge in [-0.25, -0.2) is 0 Å². The number of nitrogens with one attached hydrogen (secondary N) is 1. The third kappa shape index (κ3) is 3.35. The monoisotopic (exact) mass is 339 g/mol. The maximum atomic E-state index is 12.3. The van der Waals surface area contributed by atoms with Crippen molar-refractivity contribution in [1.82, 2.24) is 4.57 Å². The molecule has 24 heavy (non-hydrogen) atoms. The van der Waals surface area contributed by atoms with Crippen LogP contribution in [0.25, 0.3) is 11.8 Å². The van der Waals surface area contributed by atoms with E-state index in [0.717, 1.165) is 11.3 Å². The highest BCUT2D eigenvalue weighted by atomic mass is 32.1. The van der Waals surface area contributed by atoms with Crippen molar-refractivity contribution >= 4 is 34.7 Å². The van der Waals surface area contributed by atoms with E-state index < -0.39 is 5.91 Å². The topological polar surface area (TPSA) is 125 Å². The lowest BCUT2D eigenvalue weighted by Gasteiger charge is -2.00. The molecule has 0 bridgehead atoms. The number of carbonyl (C=O) groups excluding carboxylic acids is 1. The molecule has 0 saturated carbocycles. The Morgan fingerprint density at radius 1 is 1.33 bits per heavy atom. The first-order chi connectivity index (χ1) is 11.5. The first kappa shape index (κ1) is 17.0. The van der Waals surface area contributed by atoms with Crippen molar-refractivity contribution in [1.29, 1.82) is 10.5 Å². The maximum absolute atomic E-state index is 12.3.